The van der Waals surface area contributed by atoms with E-state index in [9.17, 15) is 31.1 Å². The maximum atomic E-state index is 12.4. The smallest absolute Gasteiger partial charge is 0.391 e. The van der Waals surface area contributed by atoms with Crippen LogP contribution in [0.25, 0.3) is 0 Å². The fourth-order valence-corrected chi connectivity index (χ4v) is 2.46. The van der Waals surface area contributed by atoms with Crippen LogP contribution in [0.2, 0.25) is 0 Å². The number of nitrogens with two attached hydrogens (primary N) is 1. The Hall–Kier alpha value is -1.06. The maximum Gasteiger partial charge on any atom is 0.409 e. The first-order chi connectivity index (χ1) is 8.90. The van der Waals surface area contributed by atoms with Crippen LogP contribution >= 0.6 is 12.2 Å². The van der Waals surface area contributed by atoms with Crippen molar-refractivity contribution >= 4 is 23.1 Å². The number of nitrogens with one attached hydrogen (secondary N) is 1. The number of hydrogen-bond acceptors (Lipinski definition) is 2. The van der Waals surface area contributed by atoms with Crippen molar-refractivity contribution in [2.24, 2.45) is 11.7 Å². The molecule has 0 atom stereocenters. The third-order valence-electron chi connectivity index (χ3n) is 3.21. The fraction of sp³-hybridized carbons (Fsp3) is 0.800. The van der Waals surface area contributed by atoms with E-state index in [1.165, 1.54) is 0 Å². The van der Waals surface area contributed by atoms with E-state index in [1.807, 2.05) is 0 Å². The average molecular weight is 322 g/mol. The second-order valence-electron chi connectivity index (χ2n) is 4.66. The van der Waals surface area contributed by atoms with E-state index in [4.69, 9.17) is 5.73 Å². The van der Waals surface area contributed by atoms with E-state index < -0.39 is 29.7 Å². The molecule has 0 aromatic heterocycles. The van der Waals surface area contributed by atoms with Crippen molar-refractivity contribution in [1.29, 1.82) is 0 Å². The van der Waals surface area contributed by atoms with Gasteiger partial charge in [0.2, 0.25) is 11.8 Å². The molecule has 116 valence electrons. The van der Waals surface area contributed by atoms with Gasteiger partial charge in [0, 0.05) is 0 Å². The Kier molecular flexibility index (Phi) is 4.57. The van der Waals surface area contributed by atoms with Gasteiger partial charge in [0.25, 0.3) is 0 Å². The Labute approximate surface area is 115 Å². The highest BCUT2D eigenvalue weighted by Crippen LogP contribution is 2.40. The van der Waals surface area contributed by atoms with Gasteiger partial charge in [-0.1, -0.05) is 25.1 Å². The van der Waals surface area contributed by atoms with Crippen LogP contribution in [0.3, 0.4) is 0 Å². The summed E-state index contributed by atoms with van der Waals surface area (Å²) in [6.07, 6.45) is -10.1. The SMILES string of the molecule is NC(=S)C1(NC(=O)C(C(F)(F)F)C(F)(F)F)CCCC1. The molecule has 1 aliphatic rings. The minimum atomic E-state index is -5.72. The first-order valence-corrected chi connectivity index (χ1v) is 6.06. The molecule has 1 amide bonds. The molecular formula is C10H12F6N2OS. The lowest BCUT2D eigenvalue weighted by molar-refractivity contribution is -0.274. The predicted octanol–water partition coefficient (Wildman–Crippen LogP) is 2.44. The van der Waals surface area contributed by atoms with Crippen LogP contribution in [-0.4, -0.2) is 28.8 Å². The lowest BCUT2D eigenvalue weighted by atomic mass is 9.95. The highest BCUT2D eigenvalue weighted by atomic mass is 32.1. The van der Waals surface area contributed by atoms with Crippen LogP contribution in [0.1, 0.15) is 25.7 Å². The van der Waals surface area contributed by atoms with E-state index in [0.29, 0.717) is 12.8 Å². The molecule has 0 spiro atoms. The summed E-state index contributed by atoms with van der Waals surface area (Å²) in [4.78, 5) is 11.1. The molecule has 0 aromatic rings. The van der Waals surface area contributed by atoms with E-state index in [-0.39, 0.29) is 17.8 Å². The van der Waals surface area contributed by atoms with Crippen molar-refractivity contribution in [3.63, 3.8) is 0 Å². The number of carbonyl (C=O) groups excluding carboxylic acids is 1. The molecule has 1 fully saturated rings. The van der Waals surface area contributed by atoms with Gasteiger partial charge in [-0.05, 0) is 12.8 Å². The molecule has 10 heteroatoms. The number of thiocarbonyl (C=S) groups is 1. The van der Waals surface area contributed by atoms with E-state index in [0.717, 1.165) is 0 Å². The minimum Gasteiger partial charge on any atom is -0.391 e. The van der Waals surface area contributed by atoms with Crippen molar-refractivity contribution < 1.29 is 31.1 Å². The Morgan fingerprint density at radius 1 is 1.10 bits per heavy atom. The number of rotatable bonds is 3. The largest absolute Gasteiger partial charge is 0.409 e. The van der Waals surface area contributed by atoms with Gasteiger partial charge < -0.3 is 11.1 Å². The van der Waals surface area contributed by atoms with Crippen molar-refractivity contribution in [3.8, 4) is 0 Å². The van der Waals surface area contributed by atoms with Gasteiger partial charge in [-0.3, -0.25) is 4.79 Å². The van der Waals surface area contributed by atoms with Crippen LogP contribution in [0.15, 0.2) is 0 Å². The Balaban J connectivity index is 3.00. The second-order valence-corrected chi connectivity index (χ2v) is 5.10. The minimum absolute atomic E-state index is 0.135. The third-order valence-corrected chi connectivity index (χ3v) is 3.60. The summed E-state index contributed by atoms with van der Waals surface area (Å²) in [6, 6.07) is 0. The molecule has 1 rings (SSSR count). The molecule has 0 saturated heterocycles. The molecule has 3 nitrogen and oxygen atoms in total. The van der Waals surface area contributed by atoms with Crippen LogP contribution in [0.5, 0.6) is 0 Å². The summed E-state index contributed by atoms with van der Waals surface area (Å²) in [5, 5.41) is 1.76. The van der Waals surface area contributed by atoms with Crippen LogP contribution in [0, 0.1) is 5.92 Å². The summed E-state index contributed by atoms with van der Waals surface area (Å²) in [5.41, 5.74) is 3.90. The monoisotopic (exact) mass is 322 g/mol. The first-order valence-electron chi connectivity index (χ1n) is 5.65. The molecule has 0 radical (unpaired) electrons. The van der Waals surface area contributed by atoms with E-state index in [2.05, 4.69) is 12.2 Å². The molecule has 3 N–H and O–H groups in total. The van der Waals surface area contributed by atoms with E-state index in [1.54, 1.807) is 5.32 Å². The average Bonchev–Trinajstić information content (AvgIpc) is 2.61. The standard InChI is InChI=1S/C10H12F6N2OS/c11-9(12,13)5(10(14,15)16)6(19)18-8(7(17)20)3-1-2-4-8/h5H,1-4H2,(H2,17,20)(H,18,19). The molecular weight excluding hydrogens is 310 g/mol. The van der Waals surface area contributed by atoms with Crippen molar-refractivity contribution in [2.45, 2.75) is 43.6 Å². The van der Waals surface area contributed by atoms with Crippen molar-refractivity contribution in [2.75, 3.05) is 0 Å². The predicted molar refractivity (Wildman–Crippen MR) is 61.7 cm³/mol. The molecule has 20 heavy (non-hydrogen) atoms. The van der Waals surface area contributed by atoms with Gasteiger partial charge in [-0.25, -0.2) is 0 Å². The van der Waals surface area contributed by atoms with Crippen molar-refractivity contribution in [3.05, 3.63) is 0 Å². The number of halogens is 6. The molecule has 0 heterocycles. The summed E-state index contributed by atoms with van der Waals surface area (Å²) in [6.45, 7) is 0. The number of hydrogen-bond donors (Lipinski definition) is 2. The van der Waals surface area contributed by atoms with E-state index >= 15 is 0 Å². The Morgan fingerprint density at radius 2 is 1.50 bits per heavy atom. The molecule has 0 bridgehead atoms. The summed E-state index contributed by atoms with van der Waals surface area (Å²) >= 11 is 4.66. The number of alkyl halides is 6. The van der Waals surface area contributed by atoms with Gasteiger partial charge in [-0.2, -0.15) is 26.3 Å². The molecule has 1 saturated carbocycles. The Morgan fingerprint density at radius 3 is 1.80 bits per heavy atom. The highest BCUT2D eigenvalue weighted by Gasteiger charge is 2.62. The second kappa shape index (κ2) is 5.38. The lowest BCUT2D eigenvalue weighted by Crippen LogP contribution is -2.59. The summed E-state index contributed by atoms with van der Waals surface area (Å²) < 4.78 is 74.5. The molecule has 0 aromatic carbocycles. The number of amides is 1. The Bertz CT molecular complexity index is 386. The third kappa shape index (κ3) is 3.53. The lowest BCUT2D eigenvalue weighted by Gasteiger charge is -2.32. The fourth-order valence-electron chi connectivity index (χ4n) is 2.20. The quantitative estimate of drug-likeness (QED) is 0.620. The van der Waals surface area contributed by atoms with Crippen LogP contribution < -0.4 is 11.1 Å². The van der Waals surface area contributed by atoms with Gasteiger partial charge in [-0.15, -0.1) is 0 Å². The zero-order valence-corrected chi connectivity index (χ0v) is 10.9. The van der Waals surface area contributed by atoms with Gasteiger partial charge >= 0.3 is 12.4 Å². The first kappa shape index (κ1) is 17.0. The maximum absolute atomic E-state index is 12.4. The number of carbonyl (C=O) groups is 1. The normalized spacial score (nSPS) is 19.1. The summed E-state index contributed by atoms with van der Waals surface area (Å²) in [7, 11) is 0. The summed E-state index contributed by atoms with van der Waals surface area (Å²) in [5.74, 6) is -6.25. The zero-order valence-electron chi connectivity index (χ0n) is 10.1. The molecule has 0 unspecified atom stereocenters. The van der Waals surface area contributed by atoms with Gasteiger partial charge in [0.1, 0.15) is 0 Å². The highest BCUT2D eigenvalue weighted by molar-refractivity contribution is 7.80. The van der Waals surface area contributed by atoms with Gasteiger partial charge in [0.15, 0.2) is 0 Å². The van der Waals surface area contributed by atoms with Crippen LogP contribution in [-0.2, 0) is 4.79 Å². The van der Waals surface area contributed by atoms with Crippen molar-refractivity contribution in [1.82, 2.24) is 5.32 Å². The van der Waals surface area contributed by atoms with Crippen LogP contribution in [0.4, 0.5) is 26.3 Å². The molecule has 0 aliphatic heterocycles. The topological polar surface area (TPSA) is 55.1 Å². The molecule has 1 aliphatic carbocycles. The zero-order chi connectivity index (χ0) is 15.8. The van der Waals surface area contributed by atoms with Gasteiger partial charge in [0.05, 0.1) is 10.5 Å².